The molecule has 1 aliphatic rings. The predicted molar refractivity (Wildman–Crippen MR) is 64.9 cm³/mol. The van der Waals surface area contributed by atoms with E-state index >= 15 is 0 Å². The predicted octanol–water partition coefficient (Wildman–Crippen LogP) is 2.10. The van der Waals surface area contributed by atoms with Gasteiger partial charge < -0.3 is 10.4 Å². The Morgan fingerprint density at radius 3 is 2.73 bits per heavy atom. The smallest absolute Gasteiger partial charge is 0.0696 e. The fourth-order valence-corrected chi connectivity index (χ4v) is 2.28. The third-order valence-electron chi connectivity index (χ3n) is 2.92. The van der Waals surface area contributed by atoms with Gasteiger partial charge in [0.05, 0.1) is 6.10 Å². The van der Waals surface area contributed by atoms with Gasteiger partial charge in [0.15, 0.2) is 0 Å². The number of hydrogen-bond acceptors (Lipinski definition) is 2. The molecular weight excluding hydrogens is 254 g/mol. The monoisotopic (exact) mass is 269 g/mol. The van der Waals surface area contributed by atoms with Gasteiger partial charge in [-0.3, -0.25) is 0 Å². The largest absolute Gasteiger partial charge is 0.391 e. The van der Waals surface area contributed by atoms with Crippen molar-refractivity contribution < 1.29 is 5.11 Å². The number of benzene rings is 1. The highest BCUT2D eigenvalue weighted by atomic mass is 79.9. The highest BCUT2D eigenvalue weighted by molar-refractivity contribution is 9.10. The van der Waals surface area contributed by atoms with E-state index in [1.807, 2.05) is 12.1 Å². The van der Waals surface area contributed by atoms with Crippen LogP contribution in [0.3, 0.4) is 0 Å². The quantitative estimate of drug-likeness (QED) is 0.862. The van der Waals surface area contributed by atoms with Crippen LogP contribution in [0.5, 0.6) is 0 Å². The first-order chi connectivity index (χ1) is 7.25. The summed E-state index contributed by atoms with van der Waals surface area (Å²) in [7, 11) is 0. The molecular formula is C12H16BrNO. The molecule has 1 aromatic rings. The van der Waals surface area contributed by atoms with Gasteiger partial charge in [-0.1, -0.05) is 28.1 Å². The average molecular weight is 270 g/mol. The molecule has 2 atom stereocenters. The SMILES string of the molecule is OC1CCCNC1Cc1ccc(Br)cc1. The van der Waals surface area contributed by atoms with Crippen LogP contribution in [0.4, 0.5) is 0 Å². The van der Waals surface area contributed by atoms with Crippen LogP contribution < -0.4 is 5.32 Å². The van der Waals surface area contributed by atoms with Crippen LogP contribution in [0.15, 0.2) is 28.7 Å². The first-order valence-corrected chi connectivity index (χ1v) is 6.21. The van der Waals surface area contributed by atoms with Crippen LogP contribution in [0.2, 0.25) is 0 Å². The Kier molecular flexibility index (Phi) is 3.78. The normalized spacial score (nSPS) is 26.5. The van der Waals surface area contributed by atoms with Gasteiger partial charge in [0.1, 0.15) is 0 Å². The molecule has 0 radical (unpaired) electrons. The number of piperidine rings is 1. The zero-order chi connectivity index (χ0) is 10.7. The van der Waals surface area contributed by atoms with Gasteiger partial charge >= 0.3 is 0 Å². The standard InChI is InChI=1S/C12H16BrNO/c13-10-5-3-9(4-6-10)8-11-12(15)2-1-7-14-11/h3-6,11-12,14-15H,1-2,7-8H2. The Morgan fingerprint density at radius 1 is 1.33 bits per heavy atom. The second-order valence-electron chi connectivity index (χ2n) is 4.10. The first kappa shape index (κ1) is 11.1. The van der Waals surface area contributed by atoms with Crippen molar-refractivity contribution in [3.8, 4) is 0 Å². The summed E-state index contributed by atoms with van der Waals surface area (Å²) in [6.45, 7) is 1.03. The number of nitrogens with one attached hydrogen (secondary N) is 1. The molecule has 0 spiro atoms. The number of hydrogen-bond donors (Lipinski definition) is 2. The molecule has 1 heterocycles. The van der Waals surface area contributed by atoms with Crippen molar-refractivity contribution in [2.45, 2.75) is 31.4 Å². The molecule has 0 bridgehead atoms. The van der Waals surface area contributed by atoms with Crippen molar-refractivity contribution in [2.24, 2.45) is 0 Å². The van der Waals surface area contributed by atoms with Gasteiger partial charge in [0.25, 0.3) is 0 Å². The highest BCUT2D eigenvalue weighted by Crippen LogP contribution is 2.16. The Balaban J connectivity index is 1.98. The van der Waals surface area contributed by atoms with Crippen LogP contribution in [0.1, 0.15) is 18.4 Å². The summed E-state index contributed by atoms with van der Waals surface area (Å²) in [6, 6.07) is 8.52. The lowest BCUT2D eigenvalue weighted by atomic mass is 9.95. The molecule has 1 saturated heterocycles. The molecule has 2 nitrogen and oxygen atoms in total. The van der Waals surface area contributed by atoms with Crippen LogP contribution in [0, 0.1) is 0 Å². The molecule has 15 heavy (non-hydrogen) atoms. The minimum absolute atomic E-state index is 0.192. The van der Waals surface area contributed by atoms with E-state index < -0.39 is 0 Å². The summed E-state index contributed by atoms with van der Waals surface area (Å²) in [5.74, 6) is 0. The third-order valence-corrected chi connectivity index (χ3v) is 3.45. The van der Waals surface area contributed by atoms with E-state index in [4.69, 9.17) is 0 Å². The van der Waals surface area contributed by atoms with Gasteiger partial charge in [-0.05, 0) is 43.5 Å². The minimum atomic E-state index is -0.192. The lowest BCUT2D eigenvalue weighted by Gasteiger charge is -2.29. The van der Waals surface area contributed by atoms with Crippen molar-refractivity contribution >= 4 is 15.9 Å². The van der Waals surface area contributed by atoms with Crippen molar-refractivity contribution in [2.75, 3.05) is 6.54 Å². The van der Waals surface area contributed by atoms with Crippen molar-refractivity contribution in [1.29, 1.82) is 0 Å². The Hall–Kier alpha value is -0.380. The number of halogens is 1. The Labute approximate surface area is 98.8 Å². The van der Waals surface area contributed by atoms with E-state index in [1.165, 1.54) is 5.56 Å². The summed E-state index contributed by atoms with van der Waals surface area (Å²) >= 11 is 3.42. The first-order valence-electron chi connectivity index (χ1n) is 5.41. The van der Waals surface area contributed by atoms with E-state index in [1.54, 1.807) is 0 Å². The summed E-state index contributed by atoms with van der Waals surface area (Å²) in [5, 5.41) is 13.2. The molecule has 2 unspecified atom stereocenters. The molecule has 2 rings (SSSR count). The van der Waals surface area contributed by atoms with E-state index in [2.05, 4.69) is 33.4 Å². The van der Waals surface area contributed by atoms with Crippen molar-refractivity contribution in [3.63, 3.8) is 0 Å². The Morgan fingerprint density at radius 2 is 2.07 bits per heavy atom. The molecule has 0 aromatic heterocycles. The topological polar surface area (TPSA) is 32.3 Å². The van der Waals surface area contributed by atoms with Crippen molar-refractivity contribution in [3.05, 3.63) is 34.3 Å². The van der Waals surface area contributed by atoms with Gasteiger partial charge in [-0.25, -0.2) is 0 Å². The molecule has 1 aromatic carbocycles. The summed E-state index contributed by atoms with van der Waals surface area (Å²) in [5.41, 5.74) is 1.27. The van der Waals surface area contributed by atoms with Gasteiger partial charge in [0, 0.05) is 10.5 Å². The van der Waals surface area contributed by atoms with E-state index in [0.717, 1.165) is 30.3 Å². The summed E-state index contributed by atoms with van der Waals surface area (Å²) in [6.07, 6.45) is 2.73. The van der Waals surface area contributed by atoms with Crippen molar-refractivity contribution in [1.82, 2.24) is 5.32 Å². The molecule has 0 saturated carbocycles. The van der Waals surface area contributed by atoms with Crippen LogP contribution in [0.25, 0.3) is 0 Å². The minimum Gasteiger partial charge on any atom is -0.391 e. The maximum Gasteiger partial charge on any atom is 0.0696 e. The molecule has 3 heteroatoms. The molecule has 1 fully saturated rings. The third kappa shape index (κ3) is 3.03. The van der Waals surface area contributed by atoms with Gasteiger partial charge in [-0.2, -0.15) is 0 Å². The fraction of sp³-hybridized carbons (Fsp3) is 0.500. The zero-order valence-corrected chi connectivity index (χ0v) is 10.2. The van der Waals surface area contributed by atoms with Crippen LogP contribution >= 0.6 is 15.9 Å². The number of aliphatic hydroxyl groups excluding tert-OH is 1. The van der Waals surface area contributed by atoms with Crippen LogP contribution in [-0.4, -0.2) is 23.8 Å². The second kappa shape index (κ2) is 5.10. The molecule has 1 aliphatic heterocycles. The molecule has 0 amide bonds. The highest BCUT2D eigenvalue weighted by Gasteiger charge is 2.22. The lowest BCUT2D eigenvalue weighted by molar-refractivity contribution is 0.0964. The lowest BCUT2D eigenvalue weighted by Crippen LogP contribution is -2.46. The Bertz CT molecular complexity index is 312. The van der Waals surface area contributed by atoms with Gasteiger partial charge in [-0.15, -0.1) is 0 Å². The maximum atomic E-state index is 9.81. The number of aliphatic hydroxyl groups is 1. The summed E-state index contributed by atoms with van der Waals surface area (Å²) in [4.78, 5) is 0. The molecule has 82 valence electrons. The maximum absolute atomic E-state index is 9.81. The average Bonchev–Trinajstić information content (AvgIpc) is 2.25. The second-order valence-corrected chi connectivity index (χ2v) is 5.02. The van der Waals surface area contributed by atoms with E-state index in [9.17, 15) is 5.11 Å². The fourth-order valence-electron chi connectivity index (χ4n) is 2.02. The van der Waals surface area contributed by atoms with Crippen LogP contribution in [-0.2, 0) is 6.42 Å². The molecule has 2 N–H and O–H groups in total. The van der Waals surface area contributed by atoms with E-state index in [0.29, 0.717) is 0 Å². The number of rotatable bonds is 2. The summed E-state index contributed by atoms with van der Waals surface area (Å²) < 4.78 is 1.10. The zero-order valence-electron chi connectivity index (χ0n) is 8.62. The van der Waals surface area contributed by atoms with Gasteiger partial charge in [0.2, 0.25) is 0 Å². The van der Waals surface area contributed by atoms with E-state index in [-0.39, 0.29) is 12.1 Å². The molecule has 0 aliphatic carbocycles.